The van der Waals surface area contributed by atoms with Crippen LogP contribution < -0.4 is 4.74 Å². The second-order valence-corrected chi connectivity index (χ2v) is 13.2. The molecule has 1 saturated heterocycles. The monoisotopic (exact) mass is 559 g/mol. The first kappa shape index (κ1) is 27.0. The van der Waals surface area contributed by atoms with Crippen LogP contribution in [0.25, 0.3) is 10.9 Å². The van der Waals surface area contributed by atoms with E-state index in [4.69, 9.17) is 4.74 Å². The van der Waals surface area contributed by atoms with Crippen LogP contribution in [0.4, 0.5) is 0 Å². The molecule has 1 N–H and O–H groups in total. The molecule has 1 spiro atoms. The number of piperidine rings is 1. The molecule has 0 bridgehead atoms. The van der Waals surface area contributed by atoms with Crippen molar-refractivity contribution in [3.05, 3.63) is 95.2 Å². The lowest BCUT2D eigenvalue weighted by molar-refractivity contribution is 0.0515. The molecule has 210 valence electrons. The van der Waals surface area contributed by atoms with Crippen molar-refractivity contribution in [2.24, 2.45) is 7.05 Å². The number of benzene rings is 3. The molecule has 7 nitrogen and oxygen atoms in total. The molecule has 1 aromatic heterocycles. The summed E-state index contributed by atoms with van der Waals surface area (Å²) in [6, 6.07) is 23.5. The maximum atomic E-state index is 13.6. The quantitative estimate of drug-likeness (QED) is 0.369. The van der Waals surface area contributed by atoms with Gasteiger partial charge in [0.05, 0.1) is 30.2 Å². The summed E-state index contributed by atoms with van der Waals surface area (Å²) >= 11 is 0. The SMILES string of the molecule is COc1ccc2c3c(n(C)c2c1)[C@H](CO)N(Cc1ccccc1)CC31CCN(S(=O)(=O)c2ccc(C)cc2)CC1. The minimum absolute atomic E-state index is 0.00510. The second kappa shape index (κ2) is 10.3. The average molecular weight is 560 g/mol. The number of methoxy groups -OCH3 is 1. The van der Waals surface area contributed by atoms with Gasteiger partial charge in [-0.2, -0.15) is 4.31 Å². The fraction of sp³-hybridized carbons (Fsp3) is 0.375. The first-order valence-corrected chi connectivity index (χ1v) is 15.3. The molecule has 2 aliphatic rings. The van der Waals surface area contributed by atoms with Crippen LogP contribution in [0.3, 0.4) is 0 Å². The van der Waals surface area contributed by atoms with Crippen molar-refractivity contribution in [3.8, 4) is 5.75 Å². The van der Waals surface area contributed by atoms with E-state index in [1.165, 1.54) is 11.1 Å². The van der Waals surface area contributed by atoms with E-state index in [2.05, 4.69) is 40.8 Å². The first-order valence-electron chi connectivity index (χ1n) is 13.9. The summed E-state index contributed by atoms with van der Waals surface area (Å²) in [4.78, 5) is 2.74. The van der Waals surface area contributed by atoms with Gasteiger partial charge in [-0.25, -0.2) is 8.42 Å². The number of fused-ring (bicyclic) bond motifs is 4. The summed E-state index contributed by atoms with van der Waals surface area (Å²) in [5, 5.41) is 11.9. The number of sulfonamides is 1. The number of aliphatic hydroxyl groups excluding tert-OH is 1. The summed E-state index contributed by atoms with van der Waals surface area (Å²) in [7, 11) is 0.167. The topological polar surface area (TPSA) is 75.0 Å². The van der Waals surface area contributed by atoms with Crippen molar-refractivity contribution in [2.45, 2.75) is 42.7 Å². The summed E-state index contributed by atoms with van der Waals surface area (Å²) < 4.78 is 36.6. The zero-order valence-electron chi connectivity index (χ0n) is 23.4. The highest BCUT2D eigenvalue weighted by Gasteiger charge is 2.49. The van der Waals surface area contributed by atoms with Gasteiger partial charge in [-0.1, -0.05) is 48.0 Å². The average Bonchev–Trinajstić information content (AvgIpc) is 3.26. The molecule has 40 heavy (non-hydrogen) atoms. The number of rotatable bonds is 6. The van der Waals surface area contributed by atoms with Gasteiger partial charge in [-0.05, 0) is 55.2 Å². The van der Waals surface area contributed by atoms with Gasteiger partial charge in [0.1, 0.15) is 5.75 Å². The Morgan fingerprint density at radius 1 is 1.00 bits per heavy atom. The summed E-state index contributed by atoms with van der Waals surface area (Å²) in [5.41, 5.74) is 5.42. The van der Waals surface area contributed by atoms with E-state index < -0.39 is 10.0 Å². The third-order valence-corrected chi connectivity index (χ3v) is 10.9. The number of hydrogen-bond acceptors (Lipinski definition) is 5. The highest BCUT2D eigenvalue weighted by molar-refractivity contribution is 7.89. The molecule has 4 aromatic rings. The predicted octanol–water partition coefficient (Wildman–Crippen LogP) is 4.77. The molecule has 0 unspecified atom stereocenters. The van der Waals surface area contributed by atoms with E-state index in [1.54, 1.807) is 23.5 Å². The van der Waals surface area contributed by atoms with E-state index >= 15 is 0 Å². The number of aromatic nitrogens is 1. The summed E-state index contributed by atoms with van der Waals surface area (Å²) in [6.07, 6.45) is 1.42. The van der Waals surface area contributed by atoms with Crippen molar-refractivity contribution in [1.29, 1.82) is 0 Å². The number of aliphatic hydroxyl groups is 1. The Morgan fingerprint density at radius 2 is 1.70 bits per heavy atom. The standard InChI is InChI=1S/C32H37N3O4S/c1-23-9-12-26(13-10-23)40(37,38)35-17-15-32(16-18-35)22-34(20-24-7-5-4-6-8-24)29(21-36)31-30(32)27-14-11-25(39-3)19-28(27)33(31)2/h4-14,19,29,36H,15-18,20-22H2,1-3H3/t29-/m0/s1. The Bertz CT molecular complexity index is 1620. The van der Waals surface area contributed by atoms with Gasteiger partial charge in [0.2, 0.25) is 10.0 Å². The van der Waals surface area contributed by atoms with Crippen LogP contribution in [0.1, 0.15) is 41.3 Å². The molecule has 1 atom stereocenters. The molecular weight excluding hydrogens is 522 g/mol. The van der Waals surface area contributed by atoms with Crippen LogP contribution in [0, 0.1) is 6.92 Å². The largest absolute Gasteiger partial charge is 0.497 e. The maximum absolute atomic E-state index is 13.6. The van der Waals surface area contributed by atoms with E-state index in [1.807, 2.05) is 43.3 Å². The Balaban J connectivity index is 1.43. The molecule has 6 rings (SSSR count). The number of aryl methyl sites for hydroxylation is 2. The zero-order valence-corrected chi connectivity index (χ0v) is 24.2. The zero-order chi connectivity index (χ0) is 28.1. The lowest BCUT2D eigenvalue weighted by atomic mass is 9.68. The molecule has 3 heterocycles. The third kappa shape index (κ3) is 4.43. The van der Waals surface area contributed by atoms with Crippen LogP contribution in [0.5, 0.6) is 5.75 Å². The van der Waals surface area contributed by atoms with Gasteiger partial charge in [-0.15, -0.1) is 0 Å². The molecule has 0 radical (unpaired) electrons. The fourth-order valence-electron chi connectivity index (χ4n) is 6.87. The van der Waals surface area contributed by atoms with Crippen LogP contribution in [-0.4, -0.2) is 60.6 Å². The molecule has 2 aliphatic heterocycles. The highest BCUT2D eigenvalue weighted by Crippen LogP contribution is 2.50. The molecule has 0 aliphatic carbocycles. The maximum Gasteiger partial charge on any atom is 0.243 e. The minimum atomic E-state index is -3.58. The normalized spacial score (nSPS) is 19.6. The van der Waals surface area contributed by atoms with Crippen LogP contribution in [0.15, 0.2) is 77.7 Å². The van der Waals surface area contributed by atoms with Crippen LogP contribution >= 0.6 is 0 Å². The minimum Gasteiger partial charge on any atom is -0.497 e. The number of ether oxygens (including phenoxy) is 1. The van der Waals surface area contributed by atoms with Crippen LogP contribution in [-0.2, 0) is 29.0 Å². The van der Waals surface area contributed by atoms with Crippen molar-refractivity contribution in [2.75, 3.05) is 33.4 Å². The van der Waals surface area contributed by atoms with Crippen molar-refractivity contribution >= 4 is 20.9 Å². The Labute approximate surface area is 236 Å². The lowest BCUT2D eigenvalue weighted by Gasteiger charge is -2.50. The second-order valence-electron chi connectivity index (χ2n) is 11.3. The molecule has 1 fully saturated rings. The van der Waals surface area contributed by atoms with Crippen molar-refractivity contribution < 1.29 is 18.3 Å². The fourth-order valence-corrected chi connectivity index (χ4v) is 8.31. The smallest absolute Gasteiger partial charge is 0.243 e. The molecule has 0 saturated carbocycles. The Kier molecular flexibility index (Phi) is 6.99. The molecule has 0 amide bonds. The van der Waals surface area contributed by atoms with Crippen molar-refractivity contribution in [1.82, 2.24) is 13.8 Å². The van der Waals surface area contributed by atoms with Gasteiger partial charge in [0.25, 0.3) is 0 Å². The Morgan fingerprint density at radius 3 is 2.35 bits per heavy atom. The summed E-state index contributed by atoms with van der Waals surface area (Å²) in [6.45, 7) is 4.33. The number of nitrogens with zero attached hydrogens (tertiary/aromatic N) is 3. The van der Waals surface area contributed by atoms with Crippen LogP contribution in [0.2, 0.25) is 0 Å². The molecular formula is C32H37N3O4S. The van der Waals surface area contributed by atoms with Gasteiger partial charge in [-0.3, -0.25) is 4.90 Å². The highest BCUT2D eigenvalue weighted by atomic mass is 32.2. The predicted molar refractivity (Wildman–Crippen MR) is 157 cm³/mol. The van der Waals surface area contributed by atoms with Gasteiger partial charge < -0.3 is 14.4 Å². The van der Waals surface area contributed by atoms with E-state index in [0.717, 1.165) is 34.5 Å². The third-order valence-electron chi connectivity index (χ3n) is 8.99. The Hall–Kier alpha value is -3.17. The molecule has 8 heteroatoms. The van der Waals surface area contributed by atoms with Crippen molar-refractivity contribution in [3.63, 3.8) is 0 Å². The van der Waals surface area contributed by atoms with Gasteiger partial charge in [0, 0.05) is 55.8 Å². The van der Waals surface area contributed by atoms with Gasteiger partial charge in [0.15, 0.2) is 0 Å². The summed E-state index contributed by atoms with van der Waals surface area (Å²) in [5.74, 6) is 0.792. The van der Waals surface area contributed by atoms with Gasteiger partial charge >= 0.3 is 0 Å². The number of hydrogen-bond donors (Lipinski definition) is 1. The first-order chi connectivity index (χ1) is 19.3. The lowest BCUT2D eigenvalue weighted by Crippen LogP contribution is -2.54. The van der Waals surface area contributed by atoms with E-state index in [-0.39, 0.29) is 18.1 Å². The molecule has 3 aromatic carbocycles. The van der Waals surface area contributed by atoms with E-state index in [9.17, 15) is 13.5 Å². The van der Waals surface area contributed by atoms with E-state index in [0.29, 0.717) is 37.4 Å².